The van der Waals surface area contributed by atoms with Crippen molar-refractivity contribution < 1.29 is 28.3 Å². The number of rotatable bonds is 17. The van der Waals surface area contributed by atoms with Crippen molar-refractivity contribution in [1.29, 1.82) is 0 Å². The highest BCUT2D eigenvalue weighted by atomic mass is 16.5. The van der Waals surface area contributed by atoms with Crippen LogP contribution in [0.5, 0.6) is 11.5 Å². The Morgan fingerprint density at radius 1 is 0.714 bits per heavy atom. The number of ether oxygens (including phenoxy) is 3. The van der Waals surface area contributed by atoms with Crippen LogP contribution in [0.25, 0.3) is 0 Å². The minimum Gasteiger partial charge on any atom is -0.494 e. The molecule has 0 heterocycles. The van der Waals surface area contributed by atoms with E-state index in [1.807, 2.05) is 82.6 Å². The lowest BCUT2D eigenvalue weighted by atomic mass is 10.0. The molecule has 0 saturated heterocycles. The van der Waals surface area contributed by atoms with E-state index in [1.165, 1.54) is 0 Å². The van der Waals surface area contributed by atoms with Crippen molar-refractivity contribution in [2.45, 2.75) is 51.0 Å². The van der Waals surface area contributed by atoms with Gasteiger partial charge in [-0.2, -0.15) is 0 Å². The van der Waals surface area contributed by atoms with Gasteiger partial charge in [-0.3, -0.25) is 0 Å². The SMILES string of the molecule is CN(C)c1ccc(C(=O)Oc2ccc(OCCCCCCCCOC(=O)[C@H](Cc3ccccc3)[N+](C)(C)C)cc2)cc1. The summed E-state index contributed by atoms with van der Waals surface area (Å²) in [6, 6.07) is 24.3. The van der Waals surface area contributed by atoms with E-state index in [1.54, 1.807) is 24.3 Å². The molecule has 7 heteroatoms. The Morgan fingerprint density at radius 2 is 1.29 bits per heavy atom. The number of carbonyl (C=O) groups excluding carboxylic acids is 2. The van der Waals surface area contributed by atoms with Crippen LogP contribution in [0.2, 0.25) is 0 Å². The normalized spacial score (nSPS) is 11.9. The molecule has 0 aliphatic heterocycles. The van der Waals surface area contributed by atoms with Crippen LogP contribution in [0.3, 0.4) is 0 Å². The van der Waals surface area contributed by atoms with Crippen LogP contribution < -0.4 is 14.4 Å². The number of likely N-dealkylation sites (N-methyl/N-ethyl adjacent to an activating group) is 1. The van der Waals surface area contributed by atoms with E-state index in [0.29, 0.717) is 35.4 Å². The van der Waals surface area contributed by atoms with E-state index < -0.39 is 0 Å². The summed E-state index contributed by atoms with van der Waals surface area (Å²) in [5, 5.41) is 0. The average molecular weight is 576 g/mol. The van der Waals surface area contributed by atoms with Crippen LogP contribution in [0, 0.1) is 0 Å². The van der Waals surface area contributed by atoms with E-state index in [4.69, 9.17) is 14.2 Å². The summed E-state index contributed by atoms with van der Waals surface area (Å²) in [4.78, 5) is 27.2. The maximum Gasteiger partial charge on any atom is 0.365 e. The minimum atomic E-state index is -0.386. The number of benzene rings is 3. The Balaban J connectivity index is 1.24. The summed E-state index contributed by atoms with van der Waals surface area (Å²) in [5.41, 5.74) is 2.68. The third-order valence-electron chi connectivity index (χ3n) is 7.18. The molecule has 1 atom stereocenters. The van der Waals surface area contributed by atoms with Crippen LogP contribution >= 0.6 is 0 Å². The summed E-state index contributed by atoms with van der Waals surface area (Å²) < 4.78 is 17.5. The zero-order chi connectivity index (χ0) is 30.4. The van der Waals surface area contributed by atoms with Crippen LogP contribution in [-0.4, -0.2) is 70.9 Å². The number of nitrogens with zero attached hydrogens (tertiary/aromatic N) is 2. The predicted molar refractivity (Wildman–Crippen MR) is 168 cm³/mol. The monoisotopic (exact) mass is 575 g/mol. The number of hydrogen-bond donors (Lipinski definition) is 0. The molecule has 3 aromatic carbocycles. The van der Waals surface area contributed by atoms with Gasteiger partial charge in [0, 0.05) is 26.2 Å². The third-order valence-corrected chi connectivity index (χ3v) is 7.18. The van der Waals surface area contributed by atoms with Crippen molar-refractivity contribution in [2.75, 3.05) is 53.4 Å². The molecular weight excluding hydrogens is 528 g/mol. The predicted octanol–water partition coefficient (Wildman–Crippen LogP) is 6.55. The second-order valence-corrected chi connectivity index (χ2v) is 11.8. The molecule has 3 aromatic rings. The molecule has 0 fully saturated rings. The number of anilines is 1. The van der Waals surface area contributed by atoms with E-state index in [9.17, 15) is 9.59 Å². The fraction of sp³-hybridized carbons (Fsp3) is 0.429. The first-order valence-electron chi connectivity index (χ1n) is 14.9. The van der Waals surface area contributed by atoms with Gasteiger partial charge in [0.1, 0.15) is 11.5 Å². The first-order valence-corrected chi connectivity index (χ1v) is 14.9. The summed E-state index contributed by atoms with van der Waals surface area (Å²) in [6.07, 6.45) is 6.89. The molecule has 0 spiro atoms. The zero-order valence-electron chi connectivity index (χ0n) is 25.9. The summed E-state index contributed by atoms with van der Waals surface area (Å²) in [7, 11) is 10.0. The van der Waals surface area contributed by atoms with Crippen molar-refractivity contribution in [3.05, 3.63) is 90.0 Å². The fourth-order valence-corrected chi connectivity index (χ4v) is 4.55. The van der Waals surface area contributed by atoms with Crippen molar-refractivity contribution in [3.8, 4) is 11.5 Å². The Bertz CT molecular complexity index is 1220. The second kappa shape index (κ2) is 16.6. The zero-order valence-corrected chi connectivity index (χ0v) is 25.9. The quantitative estimate of drug-likeness (QED) is 0.0787. The molecule has 0 radical (unpaired) electrons. The highest BCUT2D eigenvalue weighted by Crippen LogP contribution is 2.20. The molecule has 42 heavy (non-hydrogen) atoms. The maximum atomic E-state index is 12.8. The van der Waals surface area contributed by atoms with Crippen molar-refractivity contribution in [2.24, 2.45) is 0 Å². The van der Waals surface area contributed by atoms with Crippen LogP contribution in [0.1, 0.15) is 54.4 Å². The summed E-state index contributed by atoms with van der Waals surface area (Å²) in [6.45, 7) is 1.12. The first kappa shape index (κ1) is 32.7. The Kier molecular flexibility index (Phi) is 12.9. The molecule has 0 N–H and O–H groups in total. The molecule has 3 rings (SSSR count). The van der Waals surface area contributed by atoms with Gasteiger partial charge in [0.05, 0.1) is 39.9 Å². The van der Waals surface area contributed by atoms with Gasteiger partial charge in [-0.05, 0) is 66.9 Å². The smallest absolute Gasteiger partial charge is 0.365 e. The minimum absolute atomic E-state index is 0.121. The summed E-state index contributed by atoms with van der Waals surface area (Å²) in [5.74, 6) is 0.735. The van der Waals surface area contributed by atoms with E-state index in [2.05, 4.69) is 12.1 Å². The Hall–Kier alpha value is -3.84. The lowest BCUT2D eigenvalue weighted by Gasteiger charge is -2.32. The lowest BCUT2D eigenvalue weighted by Crippen LogP contribution is -2.51. The van der Waals surface area contributed by atoms with Crippen molar-refractivity contribution in [1.82, 2.24) is 0 Å². The van der Waals surface area contributed by atoms with Gasteiger partial charge in [0.15, 0.2) is 6.04 Å². The van der Waals surface area contributed by atoms with Gasteiger partial charge < -0.3 is 23.6 Å². The number of esters is 2. The van der Waals surface area contributed by atoms with Crippen LogP contribution in [0.4, 0.5) is 5.69 Å². The van der Waals surface area contributed by atoms with E-state index in [0.717, 1.165) is 55.5 Å². The van der Waals surface area contributed by atoms with Crippen molar-refractivity contribution in [3.63, 3.8) is 0 Å². The lowest BCUT2D eigenvalue weighted by molar-refractivity contribution is -0.887. The number of carbonyl (C=O) groups is 2. The van der Waals surface area contributed by atoms with E-state index >= 15 is 0 Å². The van der Waals surface area contributed by atoms with Gasteiger partial charge in [0.2, 0.25) is 0 Å². The molecule has 0 aliphatic rings. The van der Waals surface area contributed by atoms with Gasteiger partial charge in [-0.1, -0.05) is 56.0 Å². The Morgan fingerprint density at radius 3 is 1.88 bits per heavy atom. The molecule has 0 unspecified atom stereocenters. The maximum absolute atomic E-state index is 12.8. The van der Waals surface area contributed by atoms with Crippen LogP contribution in [-0.2, 0) is 16.0 Å². The topological polar surface area (TPSA) is 65.1 Å². The highest BCUT2D eigenvalue weighted by molar-refractivity contribution is 5.91. The van der Waals surface area contributed by atoms with Gasteiger partial charge in [-0.15, -0.1) is 0 Å². The number of unbranched alkanes of at least 4 members (excludes halogenated alkanes) is 5. The highest BCUT2D eigenvalue weighted by Gasteiger charge is 2.33. The van der Waals surface area contributed by atoms with Crippen molar-refractivity contribution >= 4 is 17.6 Å². The second-order valence-electron chi connectivity index (χ2n) is 11.8. The third kappa shape index (κ3) is 11.2. The van der Waals surface area contributed by atoms with Gasteiger partial charge in [-0.25, -0.2) is 9.59 Å². The molecular formula is C35H47N2O5+. The first-order chi connectivity index (χ1) is 20.1. The molecule has 0 aromatic heterocycles. The van der Waals surface area contributed by atoms with Gasteiger partial charge >= 0.3 is 11.9 Å². The molecule has 226 valence electrons. The number of quaternary nitrogens is 1. The largest absolute Gasteiger partial charge is 0.494 e. The molecule has 0 saturated carbocycles. The van der Waals surface area contributed by atoms with E-state index in [-0.39, 0.29) is 18.0 Å². The molecule has 0 bridgehead atoms. The summed E-state index contributed by atoms with van der Waals surface area (Å²) >= 11 is 0. The molecule has 0 amide bonds. The van der Waals surface area contributed by atoms with Gasteiger partial charge in [0.25, 0.3) is 0 Å². The molecule has 7 nitrogen and oxygen atoms in total. The standard InChI is InChI=1S/C35H47N2O5/c1-36(2)30-19-17-29(18-20-30)34(38)42-32-23-21-31(22-24-32)40-25-13-8-6-7-9-14-26-41-35(39)33(37(3,4)5)27-28-15-11-10-12-16-28/h10-12,15-24,33H,6-9,13-14,25-27H2,1-5H3/q+1/t33-/m0/s1. The molecule has 0 aliphatic carbocycles. The average Bonchev–Trinajstić information content (AvgIpc) is 2.97. The fourth-order valence-electron chi connectivity index (χ4n) is 4.55. The Labute approximate surface area is 251 Å². The number of hydrogen-bond acceptors (Lipinski definition) is 6. The van der Waals surface area contributed by atoms with Crippen LogP contribution in [0.15, 0.2) is 78.9 Å².